The zero-order valence-corrected chi connectivity index (χ0v) is 8.84. The number of hydrogen-bond acceptors (Lipinski definition) is 4. The molecule has 0 saturated heterocycles. The van der Waals surface area contributed by atoms with Crippen molar-refractivity contribution in [2.24, 2.45) is 5.73 Å². The first-order valence-electron chi connectivity index (χ1n) is 4.70. The minimum Gasteiger partial charge on any atom is -0.497 e. The summed E-state index contributed by atoms with van der Waals surface area (Å²) in [6, 6.07) is 4.64. The normalized spacial score (nSPS) is 11.9. The van der Waals surface area contributed by atoms with Gasteiger partial charge in [-0.15, -0.1) is 0 Å². The second-order valence-corrected chi connectivity index (χ2v) is 3.24. The van der Waals surface area contributed by atoms with Gasteiger partial charge in [0.15, 0.2) is 0 Å². The van der Waals surface area contributed by atoms with Gasteiger partial charge < -0.3 is 15.6 Å². The lowest BCUT2D eigenvalue weighted by Crippen LogP contribution is -2.22. The maximum absolute atomic E-state index is 11.0. The lowest BCUT2D eigenvalue weighted by molar-refractivity contribution is -0.138. The molecule has 0 aliphatic heterocycles. The number of benzene rings is 1. The highest BCUT2D eigenvalue weighted by molar-refractivity contribution is 5.84. The standard InChI is InChI=1S/C11H13NO4/c1-16-8-3-2-7(6-13)9(4-8)10(5-12)11(14)15/h2-4,6,10H,5,12H2,1H3,(H,14,15). The van der Waals surface area contributed by atoms with Crippen molar-refractivity contribution >= 4 is 12.3 Å². The smallest absolute Gasteiger partial charge is 0.312 e. The number of methoxy groups -OCH3 is 1. The largest absolute Gasteiger partial charge is 0.497 e. The van der Waals surface area contributed by atoms with E-state index in [0.29, 0.717) is 23.2 Å². The maximum Gasteiger partial charge on any atom is 0.312 e. The Kier molecular flexibility index (Phi) is 4.02. The summed E-state index contributed by atoms with van der Waals surface area (Å²) < 4.78 is 4.98. The van der Waals surface area contributed by atoms with Crippen LogP contribution in [0.3, 0.4) is 0 Å². The van der Waals surface area contributed by atoms with Crippen molar-refractivity contribution in [1.82, 2.24) is 0 Å². The molecule has 0 amide bonds. The number of nitrogens with two attached hydrogens (primary N) is 1. The van der Waals surface area contributed by atoms with E-state index in [-0.39, 0.29) is 6.54 Å². The van der Waals surface area contributed by atoms with E-state index in [4.69, 9.17) is 15.6 Å². The fourth-order valence-electron chi connectivity index (χ4n) is 1.45. The average molecular weight is 223 g/mol. The molecule has 0 fully saturated rings. The highest BCUT2D eigenvalue weighted by atomic mass is 16.5. The van der Waals surface area contributed by atoms with Gasteiger partial charge in [-0.05, 0) is 23.8 Å². The monoisotopic (exact) mass is 223 g/mol. The lowest BCUT2D eigenvalue weighted by atomic mass is 9.94. The summed E-state index contributed by atoms with van der Waals surface area (Å²) in [6.07, 6.45) is 0.611. The summed E-state index contributed by atoms with van der Waals surface area (Å²) in [5.41, 5.74) is 6.08. The van der Waals surface area contributed by atoms with Crippen LogP contribution in [-0.2, 0) is 4.79 Å². The SMILES string of the molecule is COc1ccc(C=O)c(C(CN)C(=O)O)c1. The molecule has 1 rings (SSSR count). The predicted octanol–water partition coefficient (Wildman–Crippen LogP) is 0.635. The number of aldehydes is 1. The summed E-state index contributed by atoms with van der Waals surface area (Å²) in [6.45, 7) is -0.0661. The molecule has 3 N–H and O–H groups in total. The summed E-state index contributed by atoms with van der Waals surface area (Å²) in [5, 5.41) is 8.97. The van der Waals surface area contributed by atoms with Crippen LogP contribution >= 0.6 is 0 Å². The van der Waals surface area contributed by atoms with E-state index in [0.717, 1.165) is 0 Å². The van der Waals surface area contributed by atoms with Crippen LogP contribution in [0, 0.1) is 0 Å². The third-order valence-corrected chi connectivity index (χ3v) is 2.33. The molecule has 0 radical (unpaired) electrons. The maximum atomic E-state index is 11.0. The quantitative estimate of drug-likeness (QED) is 0.715. The molecule has 0 spiro atoms. The number of ether oxygens (including phenoxy) is 1. The molecule has 0 saturated carbocycles. The Hall–Kier alpha value is -1.88. The molecule has 0 aromatic heterocycles. The predicted molar refractivity (Wildman–Crippen MR) is 57.8 cm³/mol. The molecule has 86 valence electrons. The van der Waals surface area contributed by atoms with Crippen LogP contribution in [0.25, 0.3) is 0 Å². The topological polar surface area (TPSA) is 89.6 Å². The Balaban J connectivity index is 3.26. The van der Waals surface area contributed by atoms with Crippen LogP contribution in [0.15, 0.2) is 18.2 Å². The Morgan fingerprint density at radius 1 is 1.62 bits per heavy atom. The average Bonchev–Trinajstić information content (AvgIpc) is 2.29. The molecular formula is C11H13NO4. The van der Waals surface area contributed by atoms with Gasteiger partial charge in [0.25, 0.3) is 0 Å². The zero-order chi connectivity index (χ0) is 12.1. The molecule has 1 aromatic carbocycles. The molecule has 0 aliphatic carbocycles. The third kappa shape index (κ3) is 2.38. The van der Waals surface area contributed by atoms with Crippen LogP contribution in [0.1, 0.15) is 21.8 Å². The Bertz CT molecular complexity index is 403. The first kappa shape index (κ1) is 12.2. The van der Waals surface area contributed by atoms with Crippen molar-refractivity contribution in [1.29, 1.82) is 0 Å². The van der Waals surface area contributed by atoms with Gasteiger partial charge in [-0.1, -0.05) is 0 Å². The number of carboxylic acids is 1. The van der Waals surface area contributed by atoms with E-state index in [2.05, 4.69) is 0 Å². The third-order valence-electron chi connectivity index (χ3n) is 2.33. The number of hydrogen-bond donors (Lipinski definition) is 2. The molecule has 16 heavy (non-hydrogen) atoms. The number of carboxylic acid groups (broad SMARTS) is 1. The molecule has 1 atom stereocenters. The van der Waals surface area contributed by atoms with Crippen LogP contribution in [0.4, 0.5) is 0 Å². The second-order valence-electron chi connectivity index (χ2n) is 3.24. The van der Waals surface area contributed by atoms with E-state index >= 15 is 0 Å². The number of rotatable bonds is 5. The molecule has 5 nitrogen and oxygen atoms in total. The fourth-order valence-corrected chi connectivity index (χ4v) is 1.45. The minimum absolute atomic E-state index is 0.0661. The highest BCUT2D eigenvalue weighted by Gasteiger charge is 2.21. The van der Waals surface area contributed by atoms with Crippen molar-refractivity contribution in [3.63, 3.8) is 0 Å². The van der Waals surface area contributed by atoms with Crippen LogP contribution in [-0.4, -0.2) is 31.0 Å². The van der Waals surface area contributed by atoms with Crippen molar-refractivity contribution in [3.8, 4) is 5.75 Å². The van der Waals surface area contributed by atoms with Crippen LogP contribution in [0.5, 0.6) is 5.75 Å². The molecule has 1 unspecified atom stereocenters. The van der Waals surface area contributed by atoms with E-state index < -0.39 is 11.9 Å². The van der Waals surface area contributed by atoms with E-state index in [9.17, 15) is 9.59 Å². The molecule has 5 heteroatoms. The van der Waals surface area contributed by atoms with Gasteiger partial charge in [0, 0.05) is 12.1 Å². The molecule has 0 bridgehead atoms. The number of carbonyl (C=O) groups is 2. The van der Waals surface area contributed by atoms with Crippen molar-refractivity contribution in [2.45, 2.75) is 5.92 Å². The molecule has 0 aliphatic rings. The van der Waals surface area contributed by atoms with Gasteiger partial charge in [0.05, 0.1) is 13.0 Å². The molecule has 0 heterocycles. The highest BCUT2D eigenvalue weighted by Crippen LogP contribution is 2.24. The van der Waals surface area contributed by atoms with Gasteiger partial charge in [0.2, 0.25) is 0 Å². The summed E-state index contributed by atoms with van der Waals surface area (Å²) in [5.74, 6) is -1.45. The van der Waals surface area contributed by atoms with Crippen LogP contribution in [0.2, 0.25) is 0 Å². The molecule has 1 aromatic rings. The fraction of sp³-hybridized carbons (Fsp3) is 0.273. The Morgan fingerprint density at radius 3 is 2.75 bits per heavy atom. The molecular weight excluding hydrogens is 210 g/mol. The Morgan fingerprint density at radius 2 is 2.31 bits per heavy atom. The van der Waals surface area contributed by atoms with Crippen molar-refractivity contribution in [3.05, 3.63) is 29.3 Å². The first-order chi connectivity index (χ1) is 7.63. The first-order valence-corrected chi connectivity index (χ1v) is 4.70. The summed E-state index contributed by atoms with van der Waals surface area (Å²) >= 11 is 0. The Labute approximate surface area is 92.8 Å². The van der Waals surface area contributed by atoms with Gasteiger partial charge >= 0.3 is 5.97 Å². The van der Waals surface area contributed by atoms with E-state index in [1.807, 2.05) is 0 Å². The minimum atomic E-state index is -1.06. The van der Waals surface area contributed by atoms with Gasteiger partial charge in [-0.2, -0.15) is 0 Å². The van der Waals surface area contributed by atoms with Gasteiger partial charge in [-0.25, -0.2) is 0 Å². The van der Waals surface area contributed by atoms with E-state index in [1.165, 1.54) is 19.2 Å². The van der Waals surface area contributed by atoms with Crippen molar-refractivity contribution < 1.29 is 19.4 Å². The summed E-state index contributed by atoms with van der Waals surface area (Å²) in [4.78, 5) is 21.8. The van der Waals surface area contributed by atoms with Gasteiger partial charge in [-0.3, -0.25) is 9.59 Å². The van der Waals surface area contributed by atoms with E-state index in [1.54, 1.807) is 6.07 Å². The zero-order valence-electron chi connectivity index (χ0n) is 8.84. The van der Waals surface area contributed by atoms with Gasteiger partial charge in [0.1, 0.15) is 12.0 Å². The lowest BCUT2D eigenvalue weighted by Gasteiger charge is -2.13. The number of aliphatic carboxylic acids is 1. The number of carbonyl (C=O) groups excluding carboxylic acids is 1. The summed E-state index contributed by atoms with van der Waals surface area (Å²) in [7, 11) is 1.47. The second kappa shape index (κ2) is 5.27. The van der Waals surface area contributed by atoms with Crippen LogP contribution < -0.4 is 10.5 Å². The van der Waals surface area contributed by atoms with Crippen molar-refractivity contribution in [2.75, 3.05) is 13.7 Å².